The fourth-order valence-corrected chi connectivity index (χ4v) is 12.7. The van der Waals surface area contributed by atoms with Gasteiger partial charge in [0.2, 0.25) is 17.7 Å². The number of aliphatic hydroxyl groups is 8. The van der Waals surface area contributed by atoms with Gasteiger partial charge in [0, 0.05) is 45.9 Å². The standard InChI is InChI=1S/C71H128N3O24P/c1-7-10-13-16-18-20-21-22-23-24-25-26-28-30-33-41-58(80)94-53(48-90-68(87)52(37-31-15-12-9-3)38-32-29-27-19-17-14-11-8-2)49-92-99(6,88)91-45-43-73-57(79)40-35-34-39-56(78)72-42-36-44-89-69-59(74-51(5)77)62(83)66(55(47-76)96-69)97-71-67(64(85)61(82)54(46-75)95-71)98-70-65(86)63(84)60(81)50(4)93-70/h22-23,32,38,50,52-55,59-67,69-71,75-76,81-86H,7-21,24-31,33-37,39-49H2,1-6H3,(H,72,78)(H,73,79)(H,74,77)/b23-22-,38-32-/t50?,52?,53-,54?,55-,59?,60+,61-,62?,63-,64-,65?,66+,67?,69+,70-,71-,99?/m0/s1. The lowest BCUT2D eigenvalue weighted by atomic mass is 9.95. The minimum atomic E-state index is -3.76. The summed E-state index contributed by atoms with van der Waals surface area (Å²) >= 11 is 0. The van der Waals surface area contributed by atoms with E-state index >= 15 is 0 Å². The van der Waals surface area contributed by atoms with Crippen LogP contribution >= 0.6 is 7.60 Å². The van der Waals surface area contributed by atoms with Crippen molar-refractivity contribution >= 4 is 37.3 Å². The predicted octanol–water partition coefficient (Wildman–Crippen LogP) is 7.05. The van der Waals surface area contributed by atoms with Gasteiger partial charge in [-0.05, 0) is 77.6 Å². The zero-order valence-corrected chi connectivity index (χ0v) is 61.2. The summed E-state index contributed by atoms with van der Waals surface area (Å²) in [5.74, 6) is -2.58. The fraction of sp³-hybridized carbons (Fsp3) is 0.873. The monoisotopic (exact) mass is 1440 g/mol. The highest BCUT2D eigenvalue weighted by Crippen LogP contribution is 2.44. The predicted molar refractivity (Wildman–Crippen MR) is 369 cm³/mol. The number of hydrogen-bond donors (Lipinski definition) is 11. The first-order chi connectivity index (χ1) is 47.6. The molecule has 8 unspecified atom stereocenters. The lowest BCUT2D eigenvalue weighted by Crippen LogP contribution is -2.68. The molecule has 0 aromatic carbocycles. The molecule has 0 aromatic rings. The van der Waals surface area contributed by atoms with Crippen LogP contribution in [0.5, 0.6) is 0 Å². The second kappa shape index (κ2) is 53.2. The maximum absolute atomic E-state index is 13.6. The number of unbranched alkanes of at least 4 members (excludes halogenated alkanes) is 21. The summed E-state index contributed by atoms with van der Waals surface area (Å²) in [4.78, 5) is 64.7. The van der Waals surface area contributed by atoms with Crippen LogP contribution in [0.4, 0.5) is 0 Å². The van der Waals surface area contributed by atoms with Crippen LogP contribution in [0.25, 0.3) is 0 Å². The molecule has 0 spiro atoms. The van der Waals surface area contributed by atoms with E-state index < -0.39 is 143 Å². The molecule has 18 atom stereocenters. The second-order valence-corrected chi connectivity index (χ2v) is 28.6. The van der Waals surface area contributed by atoms with Crippen molar-refractivity contribution in [1.82, 2.24) is 16.0 Å². The van der Waals surface area contributed by atoms with E-state index in [2.05, 4.69) is 54.9 Å². The smallest absolute Gasteiger partial charge is 0.327 e. The van der Waals surface area contributed by atoms with Crippen LogP contribution in [0.15, 0.2) is 24.3 Å². The van der Waals surface area contributed by atoms with Gasteiger partial charge >= 0.3 is 19.5 Å². The Morgan fingerprint density at radius 2 is 1.06 bits per heavy atom. The van der Waals surface area contributed by atoms with Crippen LogP contribution in [0.3, 0.4) is 0 Å². The number of amides is 3. The highest BCUT2D eigenvalue weighted by molar-refractivity contribution is 7.52. The molecule has 0 aliphatic carbocycles. The Morgan fingerprint density at radius 3 is 1.66 bits per heavy atom. The zero-order valence-electron chi connectivity index (χ0n) is 60.3. The molecule has 3 aliphatic rings. The lowest BCUT2D eigenvalue weighted by Gasteiger charge is -2.49. The van der Waals surface area contributed by atoms with E-state index in [1.165, 1.54) is 84.7 Å². The van der Waals surface area contributed by atoms with E-state index in [1.54, 1.807) is 0 Å². The Hall–Kier alpha value is -3.58. The number of carbonyl (C=O) groups excluding carboxylic acids is 5. The van der Waals surface area contributed by atoms with E-state index in [-0.39, 0.29) is 77.0 Å². The minimum absolute atomic E-state index is 0.00291. The van der Waals surface area contributed by atoms with Crippen molar-refractivity contribution in [2.75, 3.05) is 59.4 Å². The summed E-state index contributed by atoms with van der Waals surface area (Å²) in [6.45, 7) is 8.05. The molecule has 11 N–H and O–H groups in total. The highest BCUT2D eigenvalue weighted by Gasteiger charge is 2.54. The average molecular weight is 1440 g/mol. The summed E-state index contributed by atoms with van der Waals surface area (Å²) in [7, 11) is -3.76. The fourth-order valence-electron chi connectivity index (χ4n) is 11.8. The highest BCUT2D eigenvalue weighted by atomic mass is 31.2. The normalized spacial score (nSPS) is 27.0. The molecule has 0 radical (unpaired) electrons. The SMILES string of the molecule is CCCCCCCC/C=C\CCCCCCCC(=O)O[C@@H](COC(=O)C(/C=C\CCCCCCCC)CCCCCC)COP(C)(=O)OCCNC(=O)CCCCC(=O)NCCCO[C@@H]1O[C@@H](CO)[C@@H](O[C@@H]2OC(CO)[C@H](O)[C@H](O)C2O[C@@H]2OC(C)[C@@H](O)[C@H](O)C2O)C(O)C1NC(C)=O. The summed E-state index contributed by atoms with van der Waals surface area (Å²) in [6, 6.07) is -1.34. The molecular weight excluding hydrogens is 1310 g/mol. The number of aliphatic hydroxyl groups excluding tert-OH is 8. The van der Waals surface area contributed by atoms with Crippen molar-refractivity contribution in [3.63, 3.8) is 0 Å². The molecule has 3 rings (SSSR count). The van der Waals surface area contributed by atoms with Crippen molar-refractivity contribution in [3.05, 3.63) is 24.3 Å². The molecule has 3 amide bonds. The molecule has 3 fully saturated rings. The van der Waals surface area contributed by atoms with Gasteiger partial charge in [-0.1, -0.05) is 154 Å². The van der Waals surface area contributed by atoms with Gasteiger partial charge in [-0.2, -0.15) is 0 Å². The third-order valence-corrected chi connectivity index (χ3v) is 19.1. The average Bonchev–Trinajstić information content (AvgIpc) is 0.777. The molecule has 576 valence electrons. The van der Waals surface area contributed by atoms with E-state index in [0.717, 1.165) is 83.5 Å². The van der Waals surface area contributed by atoms with Crippen LogP contribution < -0.4 is 16.0 Å². The Morgan fingerprint density at radius 1 is 0.525 bits per heavy atom. The molecule has 28 heteroatoms. The quantitative estimate of drug-likeness (QED) is 0.0126. The van der Waals surface area contributed by atoms with Gasteiger partial charge in [-0.3, -0.25) is 28.5 Å². The van der Waals surface area contributed by atoms with Gasteiger partial charge in [0.15, 0.2) is 25.0 Å². The Bertz CT molecular complexity index is 2290. The molecule has 3 aliphatic heterocycles. The van der Waals surface area contributed by atoms with Crippen LogP contribution in [0.1, 0.15) is 234 Å². The van der Waals surface area contributed by atoms with Crippen LogP contribution in [-0.4, -0.2) is 228 Å². The number of carbonyl (C=O) groups is 5. The summed E-state index contributed by atoms with van der Waals surface area (Å²) in [6.07, 6.45) is 13.5. The van der Waals surface area contributed by atoms with Gasteiger partial charge in [0.1, 0.15) is 73.7 Å². The summed E-state index contributed by atoms with van der Waals surface area (Å²) in [5.41, 5.74) is 0. The second-order valence-electron chi connectivity index (χ2n) is 26.6. The van der Waals surface area contributed by atoms with Crippen molar-refractivity contribution in [2.45, 2.75) is 332 Å². The number of esters is 2. The van der Waals surface area contributed by atoms with E-state index in [0.29, 0.717) is 25.7 Å². The maximum atomic E-state index is 13.6. The van der Waals surface area contributed by atoms with E-state index in [1.807, 2.05) is 6.08 Å². The Balaban J connectivity index is 1.44. The lowest BCUT2D eigenvalue weighted by molar-refractivity contribution is -0.382. The van der Waals surface area contributed by atoms with E-state index in [9.17, 15) is 69.4 Å². The van der Waals surface area contributed by atoms with Crippen LogP contribution in [-0.2, 0) is 75.5 Å². The molecule has 27 nitrogen and oxygen atoms in total. The zero-order chi connectivity index (χ0) is 72.8. The van der Waals surface area contributed by atoms with Gasteiger partial charge in [-0.15, -0.1) is 0 Å². The van der Waals surface area contributed by atoms with Gasteiger partial charge in [0.05, 0.1) is 45.1 Å². The number of rotatable bonds is 56. The first-order valence-electron chi connectivity index (χ1n) is 37.1. The summed E-state index contributed by atoms with van der Waals surface area (Å²) in [5, 5.41) is 93.0. The molecule has 0 aromatic heterocycles. The van der Waals surface area contributed by atoms with E-state index in [4.69, 9.17) is 46.9 Å². The van der Waals surface area contributed by atoms with Gasteiger partial charge < -0.3 is 104 Å². The molecule has 0 saturated carbocycles. The molecule has 99 heavy (non-hydrogen) atoms. The number of nitrogens with one attached hydrogen (secondary N) is 3. The Labute approximate surface area is 588 Å². The molecule has 3 saturated heterocycles. The van der Waals surface area contributed by atoms with Crippen molar-refractivity contribution < 1.29 is 116 Å². The van der Waals surface area contributed by atoms with Crippen LogP contribution in [0, 0.1) is 5.92 Å². The molecular formula is C71H128N3O24P. The number of allylic oxidation sites excluding steroid dienone is 3. The number of ether oxygens (including phenoxy) is 8. The van der Waals surface area contributed by atoms with Crippen molar-refractivity contribution in [2.24, 2.45) is 5.92 Å². The molecule has 0 bridgehead atoms. The van der Waals surface area contributed by atoms with Crippen LogP contribution in [0.2, 0.25) is 0 Å². The first-order valence-corrected chi connectivity index (χ1v) is 39.1. The number of hydrogen-bond acceptors (Lipinski definition) is 24. The van der Waals surface area contributed by atoms with Gasteiger partial charge in [-0.25, -0.2) is 0 Å². The minimum Gasteiger partial charge on any atom is -0.461 e. The van der Waals surface area contributed by atoms with Crippen molar-refractivity contribution in [1.29, 1.82) is 0 Å². The first kappa shape index (κ1) is 89.6. The van der Waals surface area contributed by atoms with Gasteiger partial charge in [0.25, 0.3) is 0 Å². The summed E-state index contributed by atoms with van der Waals surface area (Å²) < 4.78 is 71.3. The Kier molecular flexibility index (Phi) is 48.2. The largest absolute Gasteiger partial charge is 0.461 e. The topological polar surface area (TPSA) is 393 Å². The molecule has 3 heterocycles. The third-order valence-electron chi connectivity index (χ3n) is 17.8. The maximum Gasteiger partial charge on any atom is 0.327 e. The third kappa shape index (κ3) is 37.1. The van der Waals surface area contributed by atoms with Crippen molar-refractivity contribution in [3.8, 4) is 0 Å².